The third-order valence-corrected chi connectivity index (χ3v) is 3.01. The average Bonchev–Trinajstić information content (AvgIpc) is 2.29. The molecule has 0 spiro atoms. The number of methoxy groups -OCH3 is 1. The van der Waals surface area contributed by atoms with E-state index in [1.54, 1.807) is 7.11 Å². The molecule has 0 heterocycles. The van der Waals surface area contributed by atoms with E-state index in [0.29, 0.717) is 19.7 Å². The summed E-state index contributed by atoms with van der Waals surface area (Å²) in [6, 6.07) is 7.71. The number of hydrogen-bond acceptors (Lipinski definition) is 3. The quantitative estimate of drug-likeness (QED) is 0.775. The molecule has 1 aromatic rings. The Hall–Kier alpha value is -0.720. The summed E-state index contributed by atoms with van der Waals surface area (Å²) in [5, 5.41) is 3.00. The van der Waals surface area contributed by atoms with Gasteiger partial charge in [-0.1, -0.05) is 24.3 Å². The molecule has 2 nitrogen and oxygen atoms in total. The Morgan fingerprint density at radius 1 is 1.22 bits per heavy atom. The molecule has 0 aliphatic heterocycles. The monoisotopic (exact) mass is 279 g/mol. The lowest BCUT2D eigenvalue weighted by Gasteiger charge is -2.10. The molecule has 0 aliphatic rings. The van der Waals surface area contributed by atoms with Crippen molar-refractivity contribution >= 4 is 11.8 Å². The van der Waals surface area contributed by atoms with E-state index in [-0.39, 0.29) is 17.5 Å². The number of rotatable bonds is 7. The highest BCUT2D eigenvalue weighted by atomic mass is 32.2. The van der Waals surface area contributed by atoms with Crippen LogP contribution in [0.4, 0.5) is 13.2 Å². The van der Waals surface area contributed by atoms with E-state index >= 15 is 0 Å². The van der Waals surface area contributed by atoms with Crippen molar-refractivity contribution in [2.45, 2.75) is 18.7 Å². The largest absolute Gasteiger partial charge is 0.441 e. The summed E-state index contributed by atoms with van der Waals surface area (Å²) in [5.41, 5.74) is -2.04. The van der Waals surface area contributed by atoms with Crippen LogP contribution in [0.3, 0.4) is 0 Å². The van der Waals surface area contributed by atoms with Crippen molar-refractivity contribution < 1.29 is 17.9 Å². The van der Waals surface area contributed by atoms with Gasteiger partial charge in [-0.15, -0.1) is 0 Å². The molecular weight excluding hydrogens is 263 g/mol. The molecule has 18 heavy (non-hydrogen) atoms. The van der Waals surface area contributed by atoms with Gasteiger partial charge >= 0.3 is 5.51 Å². The van der Waals surface area contributed by atoms with Crippen LogP contribution in [0.1, 0.15) is 11.1 Å². The third kappa shape index (κ3) is 6.28. The molecule has 0 saturated carbocycles. The van der Waals surface area contributed by atoms with Gasteiger partial charge in [-0.05, 0) is 22.9 Å². The van der Waals surface area contributed by atoms with Crippen LogP contribution in [0, 0.1) is 0 Å². The second-order valence-electron chi connectivity index (χ2n) is 3.67. The predicted molar refractivity (Wildman–Crippen MR) is 67.4 cm³/mol. The van der Waals surface area contributed by atoms with Crippen LogP contribution in [0.5, 0.6) is 0 Å². The second-order valence-corrected chi connectivity index (χ2v) is 4.83. The number of nitrogens with one attached hydrogen (secondary N) is 1. The standard InChI is InChI=1S/C12H16F3NOS/c1-17-9-11-5-3-2-4-10(11)8-16-6-7-18-12(13,14)15/h2-5,16H,6-9H2,1H3. The summed E-state index contributed by atoms with van der Waals surface area (Å²) in [6.07, 6.45) is 0. The zero-order chi connectivity index (χ0) is 13.4. The third-order valence-electron chi connectivity index (χ3n) is 2.28. The lowest BCUT2D eigenvalue weighted by Crippen LogP contribution is -2.19. The molecule has 1 N–H and O–H groups in total. The van der Waals surface area contributed by atoms with Crippen LogP contribution in [-0.4, -0.2) is 24.9 Å². The van der Waals surface area contributed by atoms with Gasteiger partial charge in [-0.2, -0.15) is 13.2 Å². The summed E-state index contributed by atoms with van der Waals surface area (Å²) in [7, 11) is 1.62. The van der Waals surface area contributed by atoms with Crippen molar-refractivity contribution in [2.75, 3.05) is 19.4 Å². The predicted octanol–water partition coefficient (Wildman–Crippen LogP) is 3.18. The summed E-state index contributed by atoms with van der Waals surface area (Å²) in [4.78, 5) is 0. The van der Waals surface area contributed by atoms with Crippen LogP contribution < -0.4 is 5.32 Å². The van der Waals surface area contributed by atoms with E-state index in [4.69, 9.17) is 4.74 Å². The first-order valence-electron chi connectivity index (χ1n) is 5.50. The topological polar surface area (TPSA) is 21.3 Å². The summed E-state index contributed by atoms with van der Waals surface area (Å²) >= 11 is -0.00402. The Bertz CT molecular complexity index is 357. The number of halogens is 3. The van der Waals surface area contributed by atoms with Crippen LogP contribution in [-0.2, 0) is 17.9 Å². The van der Waals surface area contributed by atoms with Crippen molar-refractivity contribution in [3.05, 3.63) is 35.4 Å². The van der Waals surface area contributed by atoms with Gasteiger partial charge < -0.3 is 10.1 Å². The molecule has 0 unspecified atom stereocenters. The Morgan fingerprint density at radius 3 is 2.50 bits per heavy atom. The zero-order valence-corrected chi connectivity index (χ0v) is 10.9. The van der Waals surface area contributed by atoms with E-state index in [9.17, 15) is 13.2 Å². The molecular formula is C12H16F3NOS. The first kappa shape index (κ1) is 15.3. The SMILES string of the molecule is COCc1ccccc1CNCCSC(F)(F)F. The summed E-state index contributed by atoms with van der Waals surface area (Å²) < 4.78 is 40.7. The fourth-order valence-corrected chi connectivity index (χ4v) is 1.97. The van der Waals surface area contributed by atoms with Gasteiger partial charge in [0.15, 0.2) is 0 Å². The first-order valence-corrected chi connectivity index (χ1v) is 6.48. The molecule has 0 atom stereocenters. The molecule has 0 amide bonds. The van der Waals surface area contributed by atoms with Gasteiger partial charge in [0.25, 0.3) is 0 Å². The molecule has 0 aliphatic carbocycles. The normalized spacial score (nSPS) is 11.8. The smallest absolute Gasteiger partial charge is 0.380 e. The molecule has 0 fully saturated rings. The van der Waals surface area contributed by atoms with E-state index in [1.807, 2.05) is 24.3 Å². The zero-order valence-electron chi connectivity index (χ0n) is 10.1. The van der Waals surface area contributed by atoms with Crippen molar-refractivity contribution in [3.63, 3.8) is 0 Å². The van der Waals surface area contributed by atoms with Crippen molar-refractivity contribution in [1.82, 2.24) is 5.32 Å². The highest BCUT2D eigenvalue weighted by Gasteiger charge is 2.27. The molecule has 1 aromatic carbocycles. The van der Waals surface area contributed by atoms with Crippen LogP contribution >= 0.6 is 11.8 Å². The maximum atomic E-state index is 11.9. The number of hydrogen-bond donors (Lipinski definition) is 1. The highest BCUT2D eigenvalue weighted by molar-refractivity contribution is 8.00. The van der Waals surface area contributed by atoms with Crippen molar-refractivity contribution in [2.24, 2.45) is 0 Å². The van der Waals surface area contributed by atoms with Crippen molar-refractivity contribution in [1.29, 1.82) is 0 Å². The number of ether oxygens (including phenoxy) is 1. The minimum atomic E-state index is -4.14. The molecule has 0 bridgehead atoms. The van der Waals surface area contributed by atoms with Crippen molar-refractivity contribution in [3.8, 4) is 0 Å². The van der Waals surface area contributed by atoms with Gasteiger partial charge in [-0.3, -0.25) is 0 Å². The lowest BCUT2D eigenvalue weighted by atomic mass is 10.1. The van der Waals surface area contributed by atoms with Crippen LogP contribution in [0.2, 0.25) is 0 Å². The maximum Gasteiger partial charge on any atom is 0.441 e. The molecule has 0 saturated heterocycles. The first-order chi connectivity index (χ1) is 8.53. The molecule has 1 rings (SSSR count). The average molecular weight is 279 g/mol. The van der Waals surface area contributed by atoms with Gasteiger partial charge in [0.05, 0.1) is 6.61 Å². The van der Waals surface area contributed by atoms with E-state index in [0.717, 1.165) is 11.1 Å². The number of thioether (sulfide) groups is 1. The Labute approximate surface area is 109 Å². The van der Waals surface area contributed by atoms with Crippen LogP contribution in [0.15, 0.2) is 24.3 Å². The minimum Gasteiger partial charge on any atom is -0.380 e. The maximum absolute atomic E-state index is 11.9. The van der Waals surface area contributed by atoms with Gasteiger partial charge in [0, 0.05) is 26.0 Å². The fourth-order valence-electron chi connectivity index (χ4n) is 1.49. The fraction of sp³-hybridized carbons (Fsp3) is 0.500. The molecule has 0 aromatic heterocycles. The van der Waals surface area contributed by atoms with Gasteiger partial charge in [0.2, 0.25) is 0 Å². The lowest BCUT2D eigenvalue weighted by molar-refractivity contribution is -0.0327. The second kappa shape index (κ2) is 7.66. The Kier molecular flexibility index (Phi) is 6.52. The number of benzene rings is 1. The molecule has 102 valence electrons. The molecule has 6 heteroatoms. The summed E-state index contributed by atoms with van der Waals surface area (Å²) in [6.45, 7) is 1.39. The van der Waals surface area contributed by atoms with E-state index < -0.39 is 5.51 Å². The Morgan fingerprint density at radius 2 is 1.89 bits per heavy atom. The minimum absolute atomic E-state index is 0.00402. The van der Waals surface area contributed by atoms with Crippen LogP contribution in [0.25, 0.3) is 0 Å². The van der Waals surface area contributed by atoms with E-state index in [1.165, 1.54) is 0 Å². The van der Waals surface area contributed by atoms with Gasteiger partial charge in [0.1, 0.15) is 0 Å². The number of alkyl halides is 3. The Balaban J connectivity index is 2.31. The summed E-state index contributed by atoms with van der Waals surface area (Å²) in [5.74, 6) is 0.0238. The van der Waals surface area contributed by atoms with E-state index in [2.05, 4.69) is 5.32 Å². The molecule has 0 radical (unpaired) electrons. The van der Waals surface area contributed by atoms with Gasteiger partial charge in [-0.25, -0.2) is 0 Å². The highest BCUT2D eigenvalue weighted by Crippen LogP contribution is 2.29.